The van der Waals surface area contributed by atoms with Crippen molar-refractivity contribution in [1.82, 2.24) is 9.88 Å². The summed E-state index contributed by atoms with van der Waals surface area (Å²) in [5.74, 6) is -0.0101. The Morgan fingerprint density at radius 1 is 1.67 bits per heavy atom. The molecule has 4 heteroatoms. The first kappa shape index (κ1) is 11.7. The van der Waals surface area contributed by atoms with Crippen LogP contribution in [-0.4, -0.2) is 35.4 Å². The molecule has 1 rings (SSSR count). The minimum absolute atomic E-state index is 0.0101. The molecule has 0 spiro atoms. The fourth-order valence-corrected chi connectivity index (χ4v) is 1.33. The van der Waals surface area contributed by atoms with Gasteiger partial charge in [-0.2, -0.15) is 0 Å². The average molecular weight is 207 g/mol. The number of nitrogens with two attached hydrogens (primary N) is 1. The van der Waals surface area contributed by atoms with E-state index in [9.17, 15) is 4.79 Å². The van der Waals surface area contributed by atoms with Crippen LogP contribution in [0.15, 0.2) is 24.5 Å². The lowest BCUT2D eigenvalue weighted by atomic mass is 10.2. The number of hydrogen-bond acceptors (Lipinski definition) is 3. The van der Waals surface area contributed by atoms with E-state index >= 15 is 0 Å². The summed E-state index contributed by atoms with van der Waals surface area (Å²) in [5.41, 5.74) is 6.07. The smallest absolute Gasteiger partial charge is 0.255 e. The highest BCUT2D eigenvalue weighted by Gasteiger charge is 2.16. The van der Waals surface area contributed by atoms with Crippen molar-refractivity contribution in [3.05, 3.63) is 30.1 Å². The maximum absolute atomic E-state index is 11.9. The van der Waals surface area contributed by atoms with Gasteiger partial charge in [0.2, 0.25) is 0 Å². The van der Waals surface area contributed by atoms with Crippen molar-refractivity contribution in [1.29, 1.82) is 0 Å². The summed E-state index contributed by atoms with van der Waals surface area (Å²) >= 11 is 0. The van der Waals surface area contributed by atoms with Crippen LogP contribution in [0.3, 0.4) is 0 Å². The van der Waals surface area contributed by atoms with Crippen molar-refractivity contribution in [3.8, 4) is 0 Å². The third-order valence-electron chi connectivity index (χ3n) is 2.47. The van der Waals surface area contributed by atoms with E-state index in [0.717, 1.165) is 6.42 Å². The van der Waals surface area contributed by atoms with Gasteiger partial charge in [0, 0.05) is 25.5 Å². The molecule has 1 aromatic heterocycles. The van der Waals surface area contributed by atoms with Crippen LogP contribution in [0, 0.1) is 0 Å². The maximum Gasteiger partial charge on any atom is 0.255 e. The highest BCUT2D eigenvalue weighted by molar-refractivity contribution is 5.93. The largest absolute Gasteiger partial charge is 0.339 e. The number of carbonyl (C=O) groups is 1. The molecule has 0 saturated heterocycles. The van der Waals surface area contributed by atoms with Gasteiger partial charge in [-0.3, -0.25) is 9.78 Å². The Morgan fingerprint density at radius 2 is 2.40 bits per heavy atom. The van der Waals surface area contributed by atoms with Gasteiger partial charge in [0.15, 0.2) is 0 Å². The molecule has 1 amide bonds. The molecule has 0 radical (unpaired) electrons. The minimum Gasteiger partial charge on any atom is -0.339 e. The summed E-state index contributed by atoms with van der Waals surface area (Å²) in [7, 11) is 1.79. The molecule has 1 aromatic rings. The Labute approximate surface area is 90.1 Å². The lowest BCUT2D eigenvalue weighted by molar-refractivity contribution is 0.0738. The van der Waals surface area contributed by atoms with Crippen molar-refractivity contribution < 1.29 is 4.79 Å². The number of carbonyl (C=O) groups excluding carboxylic acids is 1. The van der Waals surface area contributed by atoms with E-state index < -0.39 is 0 Å². The van der Waals surface area contributed by atoms with Gasteiger partial charge in [-0.05, 0) is 32.0 Å². The first-order chi connectivity index (χ1) is 7.16. The SMILES string of the molecule is CC(CCN)N(C)C(=O)c1cccnc1. The van der Waals surface area contributed by atoms with Gasteiger partial charge in [0.1, 0.15) is 0 Å². The van der Waals surface area contributed by atoms with Crippen molar-refractivity contribution in [2.24, 2.45) is 5.73 Å². The first-order valence-corrected chi connectivity index (χ1v) is 5.04. The lowest BCUT2D eigenvalue weighted by Gasteiger charge is -2.24. The number of nitrogens with zero attached hydrogens (tertiary/aromatic N) is 2. The van der Waals surface area contributed by atoms with Gasteiger partial charge < -0.3 is 10.6 Å². The summed E-state index contributed by atoms with van der Waals surface area (Å²) in [6.07, 6.45) is 4.04. The van der Waals surface area contributed by atoms with E-state index in [1.165, 1.54) is 0 Å². The van der Waals surface area contributed by atoms with E-state index in [-0.39, 0.29) is 11.9 Å². The van der Waals surface area contributed by atoms with Gasteiger partial charge in [-0.25, -0.2) is 0 Å². The molecule has 1 unspecified atom stereocenters. The Morgan fingerprint density at radius 3 is 2.93 bits per heavy atom. The standard InChI is InChI=1S/C11H17N3O/c1-9(5-6-12)14(2)11(15)10-4-3-7-13-8-10/h3-4,7-9H,5-6,12H2,1-2H3. The van der Waals surface area contributed by atoms with E-state index in [4.69, 9.17) is 5.73 Å². The molecular weight excluding hydrogens is 190 g/mol. The quantitative estimate of drug-likeness (QED) is 0.797. The summed E-state index contributed by atoms with van der Waals surface area (Å²) in [6.45, 7) is 2.58. The average Bonchev–Trinajstić information content (AvgIpc) is 2.28. The molecule has 0 aliphatic heterocycles. The summed E-state index contributed by atoms with van der Waals surface area (Å²) < 4.78 is 0. The Hall–Kier alpha value is -1.42. The molecule has 0 saturated carbocycles. The molecule has 0 aliphatic carbocycles. The summed E-state index contributed by atoms with van der Waals surface area (Å²) in [5, 5.41) is 0. The Kier molecular flexibility index (Phi) is 4.24. The molecule has 0 bridgehead atoms. The maximum atomic E-state index is 11.9. The van der Waals surface area contributed by atoms with Crippen LogP contribution in [0.5, 0.6) is 0 Å². The van der Waals surface area contributed by atoms with Gasteiger partial charge >= 0.3 is 0 Å². The number of pyridine rings is 1. The van der Waals surface area contributed by atoms with E-state index in [0.29, 0.717) is 12.1 Å². The second-order valence-electron chi connectivity index (χ2n) is 3.58. The highest BCUT2D eigenvalue weighted by atomic mass is 16.2. The summed E-state index contributed by atoms with van der Waals surface area (Å²) in [4.78, 5) is 17.5. The normalized spacial score (nSPS) is 12.2. The number of rotatable bonds is 4. The fourth-order valence-electron chi connectivity index (χ4n) is 1.33. The van der Waals surface area contributed by atoms with E-state index in [1.54, 1.807) is 36.5 Å². The molecule has 15 heavy (non-hydrogen) atoms. The zero-order valence-electron chi connectivity index (χ0n) is 9.18. The predicted octanol–water partition coefficient (Wildman–Crippen LogP) is 0.891. The van der Waals surface area contributed by atoms with Crippen molar-refractivity contribution in [2.45, 2.75) is 19.4 Å². The molecular formula is C11H17N3O. The highest BCUT2D eigenvalue weighted by Crippen LogP contribution is 2.06. The van der Waals surface area contributed by atoms with E-state index in [1.807, 2.05) is 6.92 Å². The van der Waals surface area contributed by atoms with Gasteiger partial charge in [-0.15, -0.1) is 0 Å². The molecule has 0 aromatic carbocycles. The molecule has 1 heterocycles. The zero-order chi connectivity index (χ0) is 11.3. The molecule has 2 N–H and O–H groups in total. The molecule has 4 nitrogen and oxygen atoms in total. The van der Waals surface area contributed by atoms with Gasteiger partial charge in [0.25, 0.3) is 5.91 Å². The van der Waals surface area contributed by atoms with Crippen LogP contribution in [0.1, 0.15) is 23.7 Å². The first-order valence-electron chi connectivity index (χ1n) is 5.04. The molecule has 1 atom stereocenters. The number of aromatic nitrogens is 1. The minimum atomic E-state index is -0.0101. The van der Waals surface area contributed by atoms with Crippen molar-refractivity contribution in [2.75, 3.05) is 13.6 Å². The van der Waals surface area contributed by atoms with Crippen LogP contribution in [-0.2, 0) is 0 Å². The van der Waals surface area contributed by atoms with Crippen LogP contribution in [0.25, 0.3) is 0 Å². The summed E-state index contributed by atoms with van der Waals surface area (Å²) in [6, 6.07) is 3.68. The number of amides is 1. The van der Waals surface area contributed by atoms with Gasteiger partial charge in [-0.1, -0.05) is 0 Å². The third-order valence-corrected chi connectivity index (χ3v) is 2.47. The number of hydrogen-bond donors (Lipinski definition) is 1. The zero-order valence-corrected chi connectivity index (χ0v) is 9.18. The lowest BCUT2D eigenvalue weighted by Crippen LogP contribution is -2.36. The fraction of sp³-hybridized carbons (Fsp3) is 0.455. The topological polar surface area (TPSA) is 59.2 Å². The van der Waals surface area contributed by atoms with Crippen molar-refractivity contribution >= 4 is 5.91 Å². The van der Waals surface area contributed by atoms with Crippen LogP contribution < -0.4 is 5.73 Å². The Bertz CT molecular complexity index is 313. The van der Waals surface area contributed by atoms with Gasteiger partial charge in [0.05, 0.1) is 5.56 Å². The molecule has 0 fully saturated rings. The van der Waals surface area contributed by atoms with Crippen molar-refractivity contribution in [3.63, 3.8) is 0 Å². The van der Waals surface area contributed by atoms with Crippen LogP contribution in [0.4, 0.5) is 0 Å². The second-order valence-corrected chi connectivity index (χ2v) is 3.58. The second kappa shape index (κ2) is 5.46. The Balaban J connectivity index is 2.69. The third kappa shape index (κ3) is 3.02. The predicted molar refractivity (Wildman–Crippen MR) is 59.5 cm³/mol. The van der Waals surface area contributed by atoms with Crippen LogP contribution in [0.2, 0.25) is 0 Å². The molecule has 82 valence electrons. The van der Waals surface area contributed by atoms with E-state index in [2.05, 4.69) is 4.98 Å². The molecule has 0 aliphatic rings. The van der Waals surface area contributed by atoms with Crippen LogP contribution >= 0.6 is 0 Å². The monoisotopic (exact) mass is 207 g/mol.